The molecule has 3 aromatic heterocycles. The van der Waals surface area contributed by atoms with Crippen LogP contribution in [0.1, 0.15) is 9.67 Å². The van der Waals surface area contributed by atoms with E-state index in [1.807, 2.05) is 0 Å². The average Bonchev–Trinajstić information content (AvgIpc) is 2.97. The molecule has 0 fully saturated rings. The van der Waals surface area contributed by atoms with Gasteiger partial charge in [-0.3, -0.25) is 14.3 Å². The van der Waals surface area contributed by atoms with E-state index < -0.39 is 5.97 Å². The number of hydrogen-bond acceptors (Lipinski definition) is 5. The van der Waals surface area contributed by atoms with E-state index in [1.54, 1.807) is 18.3 Å². The predicted molar refractivity (Wildman–Crippen MR) is 79.7 cm³/mol. The predicted octanol–water partition coefficient (Wildman–Crippen LogP) is 2.14. The van der Waals surface area contributed by atoms with Crippen LogP contribution in [0.5, 0.6) is 5.88 Å². The number of nitrogens with zero attached hydrogens (tertiary/aromatic N) is 2. The summed E-state index contributed by atoms with van der Waals surface area (Å²) in [6.07, 6.45) is 1.56. The summed E-state index contributed by atoms with van der Waals surface area (Å²) >= 11 is 1.10. The highest BCUT2D eigenvalue weighted by atomic mass is 32.1. The molecule has 0 atom stereocenters. The van der Waals surface area contributed by atoms with Crippen LogP contribution in [0.3, 0.4) is 0 Å². The molecule has 0 unspecified atom stereocenters. The third-order valence-corrected chi connectivity index (χ3v) is 4.73. The number of aromatic nitrogens is 2. The molecule has 0 aliphatic heterocycles. The summed E-state index contributed by atoms with van der Waals surface area (Å²) in [5, 5.41) is 21.4. The highest BCUT2D eigenvalue weighted by Gasteiger charge is 2.20. The van der Waals surface area contributed by atoms with Gasteiger partial charge in [0.05, 0.1) is 16.3 Å². The lowest BCUT2D eigenvalue weighted by Gasteiger charge is -2.01. The topological polar surface area (TPSA) is 92.4 Å². The summed E-state index contributed by atoms with van der Waals surface area (Å²) in [5.41, 5.74) is 0.197. The maximum atomic E-state index is 12.2. The molecule has 4 aromatic rings. The van der Waals surface area contributed by atoms with E-state index in [2.05, 4.69) is 4.98 Å². The number of fused-ring (bicyclic) bond motifs is 2. The van der Waals surface area contributed by atoms with Crippen LogP contribution in [-0.2, 0) is 7.05 Å². The lowest BCUT2D eigenvalue weighted by Crippen LogP contribution is -2.09. The summed E-state index contributed by atoms with van der Waals surface area (Å²) in [6, 6.07) is 3.20. The van der Waals surface area contributed by atoms with Gasteiger partial charge in [0.1, 0.15) is 4.88 Å². The maximum absolute atomic E-state index is 12.2. The first kappa shape index (κ1) is 12.1. The van der Waals surface area contributed by atoms with Crippen LogP contribution in [0.2, 0.25) is 0 Å². The number of hydrogen-bond donors (Lipinski definition) is 2. The van der Waals surface area contributed by atoms with E-state index in [4.69, 9.17) is 5.11 Å². The summed E-state index contributed by atoms with van der Waals surface area (Å²) < 4.78 is 1.85. The van der Waals surface area contributed by atoms with Gasteiger partial charge in [0, 0.05) is 28.7 Å². The maximum Gasteiger partial charge on any atom is 0.345 e. The van der Waals surface area contributed by atoms with Gasteiger partial charge in [-0.2, -0.15) is 0 Å². The van der Waals surface area contributed by atoms with Crippen molar-refractivity contribution in [3.63, 3.8) is 0 Å². The molecular weight excluding hydrogens is 292 g/mol. The molecule has 0 radical (unpaired) electrons. The van der Waals surface area contributed by atoms with Crippen LogP contribution < -0.4 is 5.56 Å². The molecule has 0 spiro atoms. The van der Waals surface area contributed by atoms with Crippen LogP contribution >= 0.6 is 11.3 Å². The van der Waals surface area contributed by atoms with Crippen molar-refractivity contribution in [3.05, 3.63) is 33.6 Å². The fourth-order valence-electron chi connectivity index (χ4n) is 2.67. The Labute approximate surface area is 120 Å². The van der Waals surface area contributed by atoms with E-state index in [0.29, 0.717) is 26.4 Å². The van der Waals surface area contributed by atoms with E-state index >= 15 is 0 Å². The minimum Gasteiger partial charge on any atom is -0.494 e. The molecule has 3 heterocycles. The minimum absolute atomic E-state index is 0.135. The SMILES string of the molecule is Cn1c(O)c2cc3sc(C(=O)O)cc4cnc(c2c1=O)c43. The Balaban J connectivity index is 2.34. The van der Waals surface area contributed by atoms with E-state index in [1.165, 1.54) is 7.05 Å². The summed E-state index contributed by atoms with van der Waals surface area (Å²) in [4.78, 5) is 27.8. The third-order valence-electron chi connectivity index (χ3n) is 3.68. The molecule has 0 aliphatic rings. The number of carbonyl (C=O) groups is 1. The van der Waals surface area contributed by atoms with Gasteiger partial charge in [-0.1, -0.05) is 0 Å². The van der Waals surface area contributed by atoms with Crippen molar-refractivity contribution in [2.45, 2.75) is 0 Å². The number of rotatable bonds is 1. The van der Waals surface area contributed by atoms with Crippen molar-refractivity contribution < 1.29 is 15.0 Å². The molecule has 4 rings (SSSR count). The molecule has 0 saturated heterocycles. The van der Waals surface area contributed by atoms with Gasteiger partial charge in [-0.15, -0.1) is 11.3 Å². The monoisotopic (exact) mass is 300 g/mol. The molecule has 0 saturated carbocycles. The summed E-state index contributed by atoms with van der Waals surface area (Å²) in [5.74, 6) is -1.15. The van der Waals surface area contributed by atoms with Crippen molar-refractivity contribution in [1.29, 1.82) is 0 Å². The smallest absolute Gasteiger partial charge is 0.345 e. The van der Waals surface area contributed by atoms with Crippen molar-refractivity contribution in [3.8, 4) is 5.88 Å². The number of aromatic carboxylic acids is 1. The molecule has 7 heteroatoms. The zero-order valence-electron chi connectivity index (χ0n) is 10.7. The Morgan fingerprint density at radius 2 is 2.10 bits per heavy atom. The second-order valence-corrected chi connectivity index (χ2v) is 5.92. The van der Waals surface area contributed by atoms with Crippen LogP contribution in [-0.4, -0.2) is 25.7 Å². The second-order valence-electron chi connectivity index (χ2n) is 4.84. The van der Waals surface area contributed by atoms with Crippen LogP contribution in [0.25, 0.3) is 31.8 Å². The largest absolute Gasteiger partial charge is 0.494 e. The van der Waals surface area contributed by atoms with Gasteiger partial charge in [-0.05, 0) is 12.1 Å². The fraction of sp³-hybridized carbons (Fsp3) is 0.0714. The Morgan fingerprint density at radius 3 is 2.81 bits per heavy atom. The first-order valence-electron chi connectivity index (χ1n) is 6.08. The van der Waals surface area contributed by atoms with Gasteiger partial charge in [0.25, 0.3) is 5.56 Å². The highest BCUT2D eigenvalue weighted by molar-refractivity contribution is 7.20. The zero-order chi connectivity index (χ0) is 14.9. The number of carboxylic acids is 1. The van der Waals surface area contributed by atoms with Gasteiger partial charge >= 0.3 is 5.97 Å². The van der Waals surface area contributed by atoms with E-state index in [0.717, 1.165) is 21.3 Å². The van der Waals surface area contributed by atoms with Gasteiger partial charge in [0.2, 0.25) is 5.88 Å². The summed E-state index contributed by atoms with van der Waals surface area (Å²) in [6.45, 7) is 0. The average molecular weight is 300 g/mol. The lowest BCUT2D eigenvalue weighted by atomic mass is 10.1. The van der Waals surface area contributed by atoms with E-state index in [9.17, 15) is 14.7 Å². The fourth-order valence-corrected chi connectivity index (χ4v) is 3.68. The molecule has 1 aromatic carbocycles. The minimum atomic E-state index is -1.01. The zero-order valence-corrected chi connectivity index (χ0v) is 11.6. The molecule has 6 nitrogen and oxygen atoms in total. The quantitative estimate of drug-likeness (QED) is 0.562. The molecule has 21 heavy (non-hydrogen) atoms. The number of carboxylic acid groups (broad SMARTS) is 1. The van der Waals surface area contributed by atoms with Gasteiger partial charge < -0.3 is 10.2 Å². The summed E-state index contributed by atoms with van der Waals surface area (Å²) in [7, 11) is 1.49. The van der Waals surface area contributed by atoms with Crippen molar-refractivity contribution in [2.24, 2.45) is 7.05 Å². The molecule has 0 amide bonds. The molecule has 2 N–H and O–H groups in total. The van der Waals surface area contributed by atoms with Crippen molar-refractivity contribution in [1.82, 2.24) is 9.55 Å². The van der Waals surface area contributed by atoms with Crippen LogP contribution in [0, 0.1) is 0 Å². The molecule has 104 valence electrons. The number of aromatic hydroxyl groups is 1. The molecule has 0 bridgehead atoms. The van der Waals surface area contributed by atoms with Crippen molar-refractivity contribution >= 4 is 49.1 Å². The molecular formula is C14H8N2O4S. The van der Waals surface area contributed by atoms with Gasteiger partial charge in [0.15, 0.2) is 0 Å². The number of benzene rings is 1. The first-order valence-corrected chi connectivity index (χ1v) is 6.90. The van der Waals surface area contributed by atoms with Crippen LogP contribution in [0.4, 0.5) is 0 Å². The highest BCUT2D eigenvalue weighted by Crippen LogP contribution is 2.38. The molecule has 0 aliphatic carbocycles. The second kappa shape index (κ2) is 3.70. The first-order chi connectivity index (χ1) is 9.99. The van der Waals surface area contributed by atoms with Crippen molar-refractivity contribution in [2.75, 3.05) is 0 Å². The lowest BCUT2D eigenvalue weighted by molar-refractivity contribution is 0.0702. The standard InChI is InChI=1S/C14H8N2O4S/c1-16-12(17)6-3-7-9-5(2-8(21-7)14(19)20)4-15-11(9)10(6)13(16)18/h2-4,17H,1H3,(H,19,20). The van der Waals surface area contributed by atoms with E-state index in [-0.39, 0.29) is 16.3 Å². The Hall–Kier alpha value is -2.67. The Morgan fingerprint density at radius 1 is 1.33 bits per heavy atom. The van der Waals surface area contributed by atoms with Gasteiger partial charge in [-0.25, -0.2) is 4.79 Å². The third kappa shape index (κ3) is 1.38. The Kier molecular flexibility index (Phi) is 2.13. The Bertz CT molecular complexity index is 1110. The normalized spacial score (nSPS) is 11.9. The van der Waals surface area contributed by atoms with Crippen LogP contribution in [0.15, 0.2) is 23.1 Å².